The van der Waals surface area contributed by atoms with Gasteiger partial charge in [0.05, 0.1) is 0 Å². The van der Waals surface area contributed by atoms with Crippen LogP contribution in [0.1, 0.15) is 6.92 Å². The number of nitrogens with zero attached hydrogens (tertiary/aromatic N) is 1. The highest BCUT2D eigenvalue weighted by Crippen LogP contribution is 2.27. The summed E-state index contributed by atoms with van der Waals surface area (Å²) in [6.07, 6.45) is -1.47. The Morgan fingerprint density at radius 2 is 1.85 bits per heavy atom. The fourth-order valence-electron chi connectivity index (χ4n) is 0.685. The summed E-state index contributed by atoms with van der Waals surface area (Å²) in [5, 5.41) is 0. The molecule has 0 spiro atoms. The average Bonchev–Trinajstić information content (AvgIpc) is 2.00. The van der Waals surface area contributed by atoms with E-state index in [1.54, 1.807) is 6.92 Å². The van der Waals surface area contributed by atoms with E-state index in [4.69, 9.17) is 0 Å². The van der Waals surface area contributed by atoms with Crippen LogP contribution in [0.25, 0.3) is 0 Å². The Kier molecular flexibility index (Phi) is 3.78. The van der Waals surface area contributed by atoms with Gasteiger partial charge < -0.3 is 4.90 Å². The van der Waals surface area contributed by atoms with Crippen molar-refractivity contribution in [3.8, 4) is 0 Å². The summed E-state index contributed by atoms with van der Waals surface area (Å²) < 4.78 is 36.3. The third kappa shape index (κ3) is 3.36. The van der Waals surface area contributed by atoms with Crippen molar-refractivity contribution < 1.29 is 13.2 Å². The van der Waals surface area contributed by atoms with Crippen molar-refractivity contribution >= 4 is 0 Å². The standard InChI is InChI=1S/C9H12F3N/c1-5-6-7(2)13(4)8(3)9(10,11)12/h5-6H,1,3H2,2,4H3. The SMILES string of the molecule is C=CC=C(C)N(C)C(=C)C(F)(F)F. The van der Waals surface area contributed by atoms with E-state index in [0.29, 0.717) is 5.70 Å². The molecule has 0 fully saturated rings. The minimum atomic E-state index is -4.38. The van der Waals surface area contributed by atoms with E-state index in [-0.39, 0.29) is 0 Å². The van der Waals surface area contributed by atoms with Crippen molar-refractivity contribution in [2.24, 2.45) is 0 Å². The molecule has 0 aromatic heterocycles. The summed E-state index contributed by atoms with van der Waals surface area (Å²) in [6, 6.07) is 0. The van der Waals surface area contributed by atoms with Crippen molar-refractivity contribution in [3.05, 3.63) is 36.7 Å². The molecule has 0 aromatic carbocycles. The third-order valence-corrected chi connectivity index (χ3v) is 1.62. The average molecular weight is 191 g/mol. The molecule has 0 aliphatic rings. The lowest BCUT2D eigenvalue weighted by molar-refractivity contribution is -0.106. The van der Waals surface area contributed by atoms with Gasteiger partial charge in [-0.1, -0.05) is 19.2 Å². The van der Waals surface area contributed by atoms with Crippen LogP contribution in [0.5, 0.6) is 0 Å². The molecule has 0 radical (unpaired) electrons. The maximum absolute atomic E-state index is 12.1. The number of rotatable bonds is 3. The monoisotopic (exact) mass is 191 g/mol. The number of alkyl halides is 3. The van der Waals surface area contributed by atoms with Crippen LogP contribution >= 0.6 is 0 Å². The lowest BCUT2D eigenvalue weighted by Crippen LogP contribution is -2.26. The van der Waals surface area contributed by atoms with Gasteiger partial charge in [-0.3, -0.25) is 0 Å². The van der Waals surface area contributed by atoms with Crippen molar-refractivity contribution in [2.45, 2.75) is 13.1 Å². The highest BCUT2D eigenvalue weighted by atomic mass is 19.4. The fourth-order valence-corrected chi connectivity index (χ4v) is 0.685. The maximum atomic E-state index is 12.1. The summed E-state index contributed by atoms with van der Waals surface area (Å²) in [6.45, 7) is 7.90. The zero-order chi connectivity index (χ0) is 10.6. The zero-order valence-electron chi connectivity index (χ0n) is 7.65. The van der Waals surface area contributed by atoms with Crippen LogP contribution in [0.15, 0.2) is 36.7 Å². The van der Waals surface area contributed by atoms with Crippen LogP contribution in [0, 0.1) is 0 Å². The van der Waals surface area contributed by atoms with Crippen LogP contribution in [0.2, 0.25) is 0 Å². The van der Waals surface area contributed by atoms with Gasteiger partial charge in [0.25, 0.3) is 0 Å². The minimum absolute atomic E-state index is 0.442. The van der Waals surface area contributed by atoms with Crippen LogP contribution in [-0.4, -0.2) is 18.1 Å². The Hall–Kier alpha value is -1.19. The molecule has 0 bridgehead atoms. The number of halogens is 3. The largest absolute Gasteiger partial charge is 0.430 e. The van der Waals surface area contributed by atoms with E-state index in [2.05, 4.69) is 13.2 Å². The van der Waals surface area contributed by atoms with Crippen LogP contribution in [-0.2, 0) is 0 Å². The Bertz CT molecular complexity index is 238. The van der Waals surface area contributed by atoms with E-state index in [9.17, 15) is 13.2 Å². The molecular formula is C9H12F3N. The van der Waals surface area contributed by atoms with E-state index >= 15 is 0 Å². The van der Waals surface area contributed by atoms with Gasteiger partial charge in [0.2, 0.25) is 0 Å². The smallest absolute Gasteiger partial charge is 0.345 e. The Morgan fingerprint density at radius 3 is 2.15 bits per heavy atom. The zero-order valence-corrected chi connectivity index (χ0v) is 7.65. The van der Waals surface area contributed by atoms with Gasteiger partial charge in [0, 0.05) is 12.7 Å². The second kappa shape index (κ2) is 4.16. The highest BCUT2D eigenvalue weighted by Gasteiger charge is 2.34. The Balaban J connectivity index is 4.62. The van der Waals surface area contributed by atoms with Crippen molar-refractivity contribution in [3.63, 3.8) is 0 Å². The molecular weight excluding hydrogens is 179 g/mol. The van der Waals surface area contributed by atoms with Gasteiger partial charge in [0.1, 0.15) is 5.70 Å². The number of hydrogen-bond acceptors (Lipinski definition) is 1. The second-order valence-corrected chi connectivity index (χ2v) is 2.55. The van der Waals surface area contributed by atoms with Gasteiger partial charge in [-0.05, 0) is 13.0 Å². The Morgan fingerprint density at radius 1 is 1.38 bits per heavy atom. The molecule has 0 aliphatic carbocycles. The summed E-state index contributed by atoms with van der Waals surface area (Å²) in [7, 11) is 1.31. The molecule has 0 saturated carbocycles. The lowest BCUT2D eigenvalue weighted by atomic mass is 10.3. The molecule has 0 saturated heterocycles. The van der Waals surface area contributed by atoms with Gasteiger partial charge in [-0.2, -0.15) is 13.2 Å². The summed E-state index contributed by atoms with van der Waals surface area (Å²) in [4.78, 5) is 0.974. The lowest BCUT2D eigenvalue weighted by Gasteiger charge is -2.23. The molecule has 13 heavy (non-hydrogen) atoms. The molecule has 0 aliphatic heterocycles. The fraction of sp³-hybridized carbons (Fsp3) is 0.333. The first kappa shape index (κ1) is 11.8. The molecule has 0 aromatic rings. The van der Waals surface area contributed by atoms with Gasteiger partial charge in [-0.25, -0.2) is 0 Å². The topological polar surface area (TPSA) is 3.24 Å². The van der Waals surface area contributed by atoms with Crippen LogP contribution in [0.3, 0.4) is 0 Å². The van der Waals surface area contributed by atoms with E-state index in [1.807, 2.05) is 0 Å². The highest BCUT2D eigenvalue weighted by molar-refractivity contribution is 5.15. The quantitative estimate of drug-likeness (QED) is 0.619. The van der Waals surface area contributed by atoms with Crippen molar-refractivity contribution in [2.75, 3.05) is 7.05 Å². The van der Waals surface area contributed by atoms with Crippen LogP contribution in [0.4, 0.5) is 13.2 Å². The predicted octanol–water partition coefficient (Wildman–Crippen LogP) is 3.08. The summed E-state index contributed by atoms with van der Waals surface area (Å²) in [5.74, 6) is 0. The molecule has 0 heterocycles. The Labute approximate surface area is 75.8 Å². The van der Waals surface area contributed by atoms with E-state index in [0.717, 1.165) is 4.90 Å². The van der Waals surface area contributed by atoms with Crippen molar-refractivity contribution in [1.29, 1.82) is 0 Å². The predicted molar refractivity (Wildman–Crippen MR) is 46.9 cm³/mol. The van der Waals surface area contributed by atoms with E-state index < -0.39 is 11.9 Å². The second-order valence-electron chi connectivity index (χ2n) is 2.55. The molecule has 1 nitrogen and oxygen atoms in total. The minimum Gasteiger partial charge on any atom is -0.345 e. The van der Waals surface area contributed by atoms with E-state index in [1.165, 1.54) is 19.2 Å². The van der Waals surface area contributed by atoms with Crippen molar-refractivity contribution in [1.82, 2.24) is 4.90 Å². The van der Waals surface area contributed by atoms with Gasteiger partial charge in [0.15, 0.2) is 0 Å². The molecule has 74 valence electrons. The molecule has 0 rings (SSSR count). The van der Waals surface area contributed by atoms with Gasteiger partial charge >= 0.3 is 6.18 Å². The maximum Gasteiger partial charge on any atom is 0.430 e. The first-order valence-corrected chi connectivity index (χ1v) is 3.60. The molecule has 0 unspecified atom stereocenters. The molecule has 4 heteroatoms. The number of allylic oxidation sites excluding steroid dienone is 4. The normalized spacial score (nSPS) is 12.5. The third-order valence-electron chi connectivity index (χ3n) is 1.62. The number of hydrogen-bond donors (Lipinski definition) is 0. The first-order chi connectivity index (χ1) is 5.80. The van der Waals surface area contributed by atoms with Crippen LogP contribution < -0.4 is 0 Å². The first-order valence-electron chi connectivity index (χ1n) is 3.60. The summed E-state index contributed by atoms with van der Waals surface area (Å²) >= 11 is 0. The molecule has 0 atom stereocenters. The van der Waals surface area contributed by atoms with Gasteiger partial charge in [-0.15, -0.1) is 0 Å². The molecule has 0 amide bonds. The summed E-state index contributed by atoms with van der Waals surface area (Å²) in [5.41, 5.74) is -0.444. The molecule has 0 N–H and O–H groups in total.